The molecule has 0 N–H and O–H groups in total. The Bertz CT molecular complexity index is 465. The zero-order valence-corrected chi connectivity index (χ0v) is 10.7. The first-order valence-corrected chi connectivity index (χ1v) is 6.05. The number of nitrogens with zero attached hydrogens (tertiary/aromatic N) is 1. The van der Waals surface area contributed by atoms with Crippen LogP contribution in [0.1, 0.15) is 33.1 Å². The Hall–Kier alpha value is -1.57. The van der Waals surface area contributed by atoms with Gasteiger partial charge in [-0.15, -0.1) is 0 Å². The van der Waals surface area contributed by atoms with Crippen molar-refractivity contribution in [3.8, 4) is 11.3 Å². The molecule has 0 atom stereocenters. The van der Waals surface area contributed by atoms with Crippen LogP contribution in [0, 0.1) is 5.41 Å². The molecule has 2 heteroatoms. The molecule has 17 heavy (non-hydrogen) atoms. The maximum absolute atomic E-state index is 5.75. The van der Waals surface area contributed by atoms with Crippen LogP contribution in [0.4, 0.5) is 0 Å². The highest BCUT2D eigenvalue weighted by Crippen LogP contribution is 2.24. The van der Waals surface area contributed by atoms with Crippen molar-refractivity contribution in [3.63, 3.8) is 0 Å². The number of benzene rings is 1. The van der Waals surface area contributed by atoms with Gasteiger partial charge in [0.1, 0.15) is 0 Å². The predicted octanol–water partition coefficient (Wildman–Crippen LogP) is 4.32. The van der Waals surface area contributed by atoms with Crippen LogP contribution in [0.25, 0.3) is 11.3 Å². The third-order valence-electron chi connectivity index (χ3n) is 2.70. The summed E-state index contributed by atoms with van der Waals surface area (Å²) in [7, 11) is 0. The summed E-state index contributed by atoms with van der Waals surface area (Å²) in [5.41, 5.74) is 1.41. The van der Waals surface area contributed by atoms with E-state index in [-0.39, 0.29) is 0 Å². The average molecular weight is 229 g/mol. The second-order valence-corrected chi connectivity index (χ2v) is 5.54. The lowest BCUT2D eigenvalue weighted by Gasteiger charge is -2.16. The van der Waals surface area contributed by atoms with Crippen molar-refractivity contribution in [2.75, 3.05) is 0 Å². The molecule has 1 aromatic heterocycles. The minimum absolute atomic E-state index is 0.321. The second kappa shape index (κ2) is 4.74. The molecule has 90 valence electrons. The van der Waals surface area contributed by atoms with Gasteiger partial charge in [-0.05, 0) is 11.8 Å². The SMILES string of the molecule is CC(C)(C)CCc1ncc(-c2ccccc2)o1. The van der Waals surface area contributed by atoms with Crippen molar-refractivity contribution in [3.05, 3.63) is 42.4 Å². The van der Waals surface area contributed by atoms with Gasteiger partial charge in [0.15, 0.2) is 11.7 Å². The molecule has 0 bridgehead atoms. The lowest BCUT2D eigenvalue weighted by Crippen LogP contribution is -2.06. The number of oxazole rings is 1. The fourth-order valence-corrected chi connectivity index (χ4v) is 1.64. The van der Waals surface area contributed by atoms with E-state index in [1.807, 2.05) is 36.5 Å². The maximum Gasteiger partial charge on any atom is 0.194 e. The van der Waals surface area contributed by atoms with Gasteiger partial charge in [-0.2, -0.15) is 0 Å². The molecule has 0 aliphatic heterocycles. The predicted molar refractivity (Wildman–Crippen MR) is 69.7 cm³/mol. The molecule has 0 aliphatic rings. The monoisotopic (exact) mass is 229 g/mol. The van der Waals surface area contributed by atoms with Gasteiger partial charge in [-0.3, -0.25) is 0 Å². The van der Waals surface area contributed by atoms with Gasteiger partial charge in [0.25, 0.3) is 0 Å². The Balaban J connectivity index is 2.07. The van der Waals surface area contributed by atoms with E-state index < -0.39 is 0 Å². The Labute approximate surface area is 103 Å². The van der Waals surface area contributed by atoms with Crippen LogP contribution in [-0.4, -0.2) is 4.98 Å². The minimum Gasteiger partial charge on any atom is -0.441 e. The molecule has 0 aliphatic carbocycles. The summed E-state index contributed by atoms with van der Waals surface area (Å²) in [4.78, 5) is 4.33. The number of hydrogen-bond acceptors (Lipinski definition) is 2. The topological polar surface area (TPSA) is 26.0 Å². The first kappa shape index (κ1) is 11.9. The van der Waals surface area contributed by atoms with E-state index in [1.54, 1.807) is 0 Å². The van der Waals surface area contributed by atoms with Crippen LogP contribution in [0.15, 0.2) is 40.9 Å². The third-order valence-corrected chi connectivity index (χ3v) is 2.70. The molecule has 0 amide bonds. The molecule has 0 spiro atoms. The van der Waals surface area contributed by atoms with Crippen molar-refractivity contribution in [1.29, 1.82) is 0 Å². The first-order valence-electron chi connectivity index (χ1n) is 6.05. The van der Waals surface area contributed by atoms with Crippen LogP contribution in [0.2, 0.25) is 0 Å². The third kappa shape index (κ3) is 3.45. The molecule has 0 fully saturated rings. The van der Waals surface area contributed by atoms with E-state index >= 15 is 0 Å². The fraction of sp³-hybridized carbons (Fsp3) is 0.400. The van der Waals surface area contributed by atoms with Crippen molar-refractivity contribution in [1.82, 2.24) is 4.98 Å². The fourth-order valence-electron chi connectivity index (χ4n) is 1.64. The van der Waals surface area contributed by atoms with E-state index in [2.05, 4.69) is 25.8 Å². The second-order valence-electron chi connectivity index (χ2n) is 5.54. The molecular weight excluding hydrogens is 210 g/mol. The number of hydrogen-bond donors (Lipinski definition) is 0. The van der Waals surface area contributed by atoms with Crippen molar-refractivity contribution in [2.45, 2.75) is 33.6 Å². The van der Waals surface area contributed by atoms with Crippen LogP contribution < -0.4 is 0 Å². The Morgan fingerprint density at radius 1 is 1.12 bits per heavy atom. The summed E-state index contributed by atoms with van der Waals surface area (Å²) in [6, 6.07) is 10.1. The molecular formula is C15H19NO. The summed E-state index contributed by atoms with van der Waals surface area (Å²) < 4.78 is 5.75. The van der Waals surface area contributed by atoms with Gasteiger partial charge in [-0.1, -0.05) is 51.1 Å². The molecule has 0 saturated heterocycles. The molecule has 1 heterocycles. The highest BCUT2D eigenvalue weighted by atomic mass is 16.4. The summed E-state index contributed by atoms with van der Waals surface area (Å²) in [5, 5.41) is 0. The number of aryl methyl sites for hydroxylation is 1. The van der Waals surface area contributed by atoms with Crippen LogP contribution >= 0.6 is 0 Å². The van der Waals surface area contributed by atoms with Gasteiger partial charge in [0.05, 0.1) is 6.20 Å². The van der Waals surface area contributed by atoms with Crippen molar-refractivity contribution in [2.24, 2.45) is 5.41 Å². The Kier molecular flexibility index (Phi) is 3.32. The van der Waals surface area contributed by atoms with Crippen molar-refractivity contribution >= 4 is 0 Å². The summed E-state index contributed by atoms with van der Waals surface area (Å²) in [6.45, 7) is 6.69. The zero-order chi connectivity index (χ0) is 12.3. The number of aromatic nitrogens is 1. The quantitative estimate of drug-likeness (QED) is 0.783. The molecule has 0 unspecified atom stereocenters. The van der Waals surface area contributed by atoms with E-state index in [0.29, 0.717) is 5.41 Å². The summed E-state index contributed by atoms with van der Waals surface area (Å²) >= 11 is 0. The lowest BCUT2D eigenvalue weighted by atomic mass is 9.91. The molecule has 0 radical (unpaired) electrons. The molecule has 2 aromatic rings. The molecule has 1 aromatic carbocycles. The van der Waals surface area contributed by atoms with Crippen LogP contribution in [0.3, 0.4) is 0 Å². The highest BCUT2D eigenvalue weighted by Gasteiger charge is 2.13. The first-order chi connectivity index (χ1) is 8.04. The van der Waals surface area contributed by atoms with Crippen LogP contribution in [-0.2, 0) is 6.42 Å². The minimum atomic E-state index is 0.321. The lowest BCUT2D eigenvalue weighted by molar-refractivity contribution is 0.356. The zero-order valence-electron chi connectivity index (χ0n) is 10.7. The van der Waals surface area contributed by atoms with Gasteiger partial charge < -0.3 is 4.42 Å². The van der Waals surface area contributed by atoms with E-state index in [0.717, 1.165) is 30.1 Å². The maximum atomic E-state index is 5.75. The normalized spacial score (nSPS) is 11.7. The van der Waals surface area contributed by atoms with E-state index in [9.17, 15) is 0 Å². The number of rotatable bonds is 3. The van der Waals surface area contributed by atoms with Gasteiger partial charge >= 0.3 is 0 Å². The molecule has 2 nitrogen and oxygen atoms in total. The van der Waals surface area contributed by atoms with Gasteiger partial charge in [0, 0.05) is 12.0 Å². The van der Waals surface area contributed by atoms with Gasteiger partial charge in [0.2, 0.25) is 0 Å². The largest absolute Gasteiger partial charge is 0.441 e. The van der Waals surface area contributed by atoms with Crippen molar-refractivity contribution < 1.29 is 4.42 Å². The van der Waals surface area contributed by atoms with Crippen LogP contribution in [0.5, 0.6) is 0 Å². The standard InChI is InChI=1S/C15H19NO/c1-15(2,3)10-9-14-16-11-13(17-14)12-7-5-4-6-8-12/h4-8,11H,9-10H2,1-3H3. The highest BCUT2D eigenvalue weighted by molar-refractivity contribution is 5.55. The summed E-state index contributed by atoms with van der Waals surface area (Å²) in [5.74, 6) is 1.69. The smallest absolute Gasteiger partial charge is 0.194 e. The molecule has 2 rings (SSSR count). The Morgan fingerprint density at radius 2 is 1.82 bits per heavy atom. The molecule has 0 saturated carbocycles. The van der Waals surface area contributed by atoms with Gasteiger partial charge in [-0.25, -0.2) is 4.98 Å². The van der Waals surface area contributed by atoms with E-state index in [4.69, 9.17) is 4.42 Å². The Morgan fingerprint density at radius 3 is 2.47 bits per heavy atom. The van der Waals surface area contributed by atoms with E-state index in [1.165, 1.54) is 0 Å². The summed E-state index contributed by atoms with van der Waals surface area (Å²) in [6.07, 6.45) is 3.80. The average Bonchev–Trinajstić information content (AvgIpc) is 2.75.